The van der Waals surface area contributed by atoms with E-state index < -0.39 is 10.0 Å². The average molecular weight is 331 g/mol. The first kappa shape index (κ1) is 14.8. The minimum Gasteiger partial charge on any atom is -0.205 e. The quantitative estimate of drug-likeness (QED) is 0.780. The van der Waals surface area contributed by atoms with E-state index in [2.05, 4.69) is 14.1 Å². The van der Waals surface area contributed by atoms with E-state index in [1.807, 2.05) is 60.7 Å². The molecule has 0 atom stereocenters. The van der Waals surface area contributed by atoms with E-state index in [0.29, 0.717) is 5.82 Å². The molecule has 0 aliphatic rings. The van der Waals surface area contributed by atoms with Gasteiger partial charge in [0.1, 0.15) is 0 Å². The van der Waals surface area contributed by atoms with Crippen LogP contribution in [-0.4, -0.2) is 17.8 Å². The Morgan fingerprint density at radius 2 is 1.59 bits per heavy atom. The van der Waals surface area contributed by atoms with Crippen LogP contribution >= 0.6 is 11.5 Å². The van der Waals surface area contributed by atoms with E-state index >= 15 is 0 Å². The van der Waals surface area contributed by atoms with Gasteiger partial charge in [0.05, 0.1) is 0 Å². The molecular weight excluding hydrogens is 318 g/mol. The standard InChI is InChI=1S/C15H13N3O2S2/c19-22(20,16-11-12-7-3-1-4-8-12)15-17-14(18-21-15)13-9-5-2-6-10-13/h1-10,16H,11H2. The fraction of sp³-hybridized carbons (Fsp3) is 0.0667. The van der Waals surface area contributed by atoms with Crippen molar-refractivity contribution < 1.29 is 8.42 Å². The number of nitrogens with zero attached hydrogens (tertiary/aromatic N) is 2. The zero-order chi connectivity index (χ0) is 15.4. The second-order valence-electron chi connectivity index (χ2n) is 4.56. The normalized spacial score (nSPS) is 11.5. The predicted molar refractivity (Wildman–Crippen MR) is 85.8 cm³/mol. The highest BCUT2D eigenvalue weighted by Crippen LogP contribution is 2.20. The highest BCUT2D eigenvalue weighted by molar-refractivity contribution is 7.91. The predicted octanol–water partition coefficient (Wildman–Crippen LogP) is 2.68. The molecule has 1 N–H and O–H groups in total. The molecule has 0 saturated heterocycles. The van der Waals surface area contributed by atoms with Crippen molar-refractivity contribution in [2.75, 3.05) is 0 Å². The van der Waals surface area contributed by atoms with Crippen LogP contribution in [0.2, 0.25) is 0 Å². The van der Waals surface area contributed by atoms with E-state index in [1.165, 1.54) is 0 Å². The molecule has 112 valence electrons. The minimum atomic E-state index is -3.65. The fourth-order valence-corrected chi connectivity index (χ4v) is 3.67. The Bertz CT molecular complexity index is 847. The summed E-state index contributed by atoms with van der Waals surface area (Å²) in [6.07, 6.45) is 0. The highest BCUT2D eigenvalue weighted by atomic mass is 32.2. The summed E-state index contributed by atoms with van der Waals surface area (Å²) in [7, 11) is -3.65. The third kappa shape index (κ3) is 3.38. The van der Waals surface area contributed by atoms with Gasteiger partial charge in [-0.2, -0.15) is 4.37 Å². The van der Waals surface area contributed by atoms with Crippen molar-refractivity contribution in [3.63, 3.8) is 0 Å². The van der Waals surface area contributed by atoms with Crippen LogP contribution in [0.1, 0.15) is 5.56 Å². The van der Waals surface area contributed by atoms with Crippen molar-refractivity contribution in [2.45, 2.75) is 10.9 Å². The molecule has 1 aromatic heterocycles. The molecule has 7 heteroatoms. The van der Waals surface area contributed by atoms with Gasteiger partial charge in [-0.1, -0.05) is 60.7 Å². The summed E-state index contributed by atoms with van der Waals surface area (Å²) in [4.78, 5) is 4.12. The van der Waals surface area contributed by atoms with Gasteiger partial charge in [0.15, 0.2) is 5.82 Å². The van der Waals surface area contributed by atoms with E-state index in [9.17, 15) is 8.42 Å². The third-order valence-corrected chi connectivity index (χ3v) is 5.45. The molecule has 1 heterocycles. The van der Waals surface area contributed by atoms with Crippen LogP contribution < -0.4 is 4.72 Å². The Balaban J connectivity index is 1.77. The Morgan fingerprint density at radius 3 is 2.27 bits per heavy atom. The molecule has 5 nitrogen and oxygen atoms in total. The Kier molecular flexibility index (Phi) is 4.28. The molecule has 0 bridgehead atoms. The van der Waals surface area contributed by atoms with Crippen molar-refractivity contribution in [1.82, 2.24) is 14.1 Å². The fourth-order valence-electron chi connectivity index (χ4n) is 1.86. The molecule has 2 aromatic carbocycles. The lowest BCUT2D eigenvalue weighted by atomic mass is 10.2. The van der Waals surface area contributed by atoms with Crippen LogP contribution in [0.3, 0.4) is 0 Å². The molecular formula is C15H13N3O2S2. The zero-order valence-corrected chi connectivity index (χ0v) is 13.1. The number of aromatic nitrogens is 2. The highest BCUT2D eigenvalue weighted by Gasteiger charge is 2.20. The summed E-state index contributed by atoms with van der Waals surface area (Å²) in [5.41, 5.74) is 1.68. The lowest BCUT2D eigenvalue weighted by Crippen LogP contribution is -2.23. The van der Waals surface area contributed by atoms with Crippen LogP contribution in [0.25, 0.3) is 11.4 Å². The van der Waals surface area contributed by atoms with Gasteiger partial charge in [-0.3, -0.25) is 0 Å². The SMILES string of the molecule is O=S(=O)(NCc1ccccc1)c1nc(-c2ccccc2)ns1. The van der Waals surface area contributed by atoms with Crippen molar-refractivity contribution in [2.24, 2.45) is 0 Å². The molecule has 0 unspecified atom stereocenters. The smallest absolute Gasteiger partial charge is 0.205 e. The van der Waals surface area contributed by atoms with Crippen molar-refractivity contribution in [3.8, 4) is 11.4 Å². The molecule has 0 fully saturated rings. The Labute approximate surface area is 132 Å². The monoisotopic (exact) mass is 331 g/mol. The molecule has 0 spiro atoms. The van der Waals surface area contributed by atoms with Gasteiger partial charge in [0.25, 0.3) is 10.0 Å². The summed E-state index contributed by atoms with van der Waals surface area (Å²) in [6, 6.07) is 18.6. The Morgan fingerprint density at radius 1 is 0.955 bits per heavy atom. The summed E-state index contributed by atoms with van der Waals surface area (Å²) in [5.74, 6) is 0.422. The number of rotatable bonds is 5. The molecule has 0 aliphatic heterocycles. The molecule has 3 aromatic rings. The van der Waals surface area contributed by atoms with Gasteiger partial charge in [0.2, 0.25) is 4.34 Å². The Hall–Kier alpha value is -2.09. The molecule has 0 saturated carbocycles. The first-order chi connectivity index (χ1) is 10.6. The molecule has 0 amide bonds. The van der Waals surface area contributed by atoms with Gasteiger partial charge in [0, 0.05) is 12.1 Å². The first-order valence-corrected chi connectivity index (χ1v) is 8.83. The summed E-state index contributed by atoms with van der Waals surface area (Å²) in [5, 5.41) is 0. The topological polar surface area (TPSA) is 72.0 Å². The molecule has 22 heavy (non-hydrogen) atoms. The van der Waals surface area contributed by atoms with E-state index in [0.717, 1.165) is 22.7 Å². The van der Waals surface area contributed by atoms with E-state index in [1.54, 1.807) is 0 Å². The second kappa shape index (κ2) is 6.35. The molecule has 3 rings (SSSR count). The van der Waals surface area contributed by atoms with Crippen LogP contribution in [-0.2, 0) is 16.6 Å². The average Bonchev–Trinajstić information content (AvgIpc) is 3.06. The van der Waals surface area contributed by atoms with E-state index in [4.69, 9.17) is 0 Å². The first-order valence-electron chi connectivity index (χ1n) is 6.58. The van der Waals surface area contributed by atoms with Crippen LogP contribution in [0.5, 0.6) is 0 Å². The minimum absolute atomic E-state index is 0.0257. The molecule has 0 aliphatic carbocycles. The number of hydrogen-bond acceptors (Lipinski definition) is 5. The van der Waals surface area contributed by atoms with Gasteiger partial charge < -0.3 is 0 Å². The number of nitrogens with one attached hydrogen (secondary N) is 1. The lowest BCUT2D eigenvalue weighted by Gasteiger charge is -2.03. The van der Waals surface area contributed by atoms with Gasteiger partial charge >= 0.3 is 0 Å². The maximum atomic E-state index is 12.2. The number of hydrogen-bond donors (Lipinski definition) is 1. The van der Waals surface area contributed by atoms with Crippen LogP contribution in [0.4, 0.5) is 0 Å². The summed E-state index contributed by atoms with van der Waals surface area (Å²) < 4.78 is 31.1. The number of benzene rings is 2. The van der Waals surface area contributed by atoms with Crippen molar-refractivity contribution in [1.29, 1.82) is 0 Å². The molecule has 0 radical (unpaired) electrons. The van der Waals surface area contributed by atoms with E-state index in [-0.39, 0.29) is 10.9 Å². The third-order valence-electron chi connectivity index (χ3n) is 2.98. The zero-order valence-electron chi connectivity index (χ0n) is 11.5. The van der Waals surface area contributed by atoms with Crippen molar-refractivity contribution >= 4 is 21.6 Å². The van der Waals surface area contributed by atoms with Gasteiger partial charge in [-0.15, -0.1) is 0 Å². The summed E-state index contributed by atoms with van der Waals surface area (Å²) in [6.45, 7) is 0.226. The van der Waals surface area contributed by atoms with Crippen LogP contribution in [0, 0.1) is 0 Å². The maximum absolute atomic E-state index is 12.2. The van der Waals surface area contributed by atoms with Crippen molar-refractivity contribution in [3.05, 3.63) is 66.2 Å². The van der Waals surface area contributed by atoms with Crippen LogP contribution in [0.15, 0.2) is 65.0 Å². The second-order valence-corrected chi connectivity index (χ2v) is 7.25. The lowest BCUT2D eigenvalue weighted by molar-refractivity contribution is 0.580. The van der Waals surface area contributed by atoms with Gasteiger partial charge in [-0.25, -0.2) is 18.1 Å². The summed E-state index contributed by atoms with van der Waals surface area (Å²) >= 11 is 0.875. The van der Waals surface area contributed by atoms with Gasteiger partial charge in [-0.05, 0) is 17.1 Å². The number of sulfonamides is 1. The largest absolute Gasteiger partial charge is 0.269 e. The maximum Gasteiger partial charge on any atom is 0.269 e.